The van der Waals surface area contributed by atoms with E-state index in [4.69, 9.17) is 14.6 Å². The van der Waals surface area contributed by atoms with Crippen LogP contribution in [0.3, 0.4) is 0 Å². The van der Waals surface area contributed by atoms with E-state index in [0.29, 0.717) is 24.8 Å². The lowest BCUT2D eigenvalue weighted by Gasteiger charge is -2.26. The fourth-order valence-corrected chi connectivity index (χ4v) is 2.68. The lowest BCUT2D eigenvalue weighted by molar-refractivity contribution is 0.174. The molecular weight excluding hydrogens is 266 g/mol. The molecule has 1 aliphatic rings. The molecule has 0 aliphatic carbocycles. The summed E-state index contributed by atoms with van der Waals surface area (Å²) in [6, 6.07) is 6.96. The Labute approximate surface area is 127 Å². The number of fused-ring (bicyclic) bond motifs is 1. The molecule has 1 heterocycles. The van der Waals surface area contributed by atoms with Crippen LogP contribution in [0.4, 0.5) is 0 Å². The van der Waals surface area contributed by atoms with Gasteiger partial charge in [-0.25, -0.2) is 0 Å². The fraction of sp³-hybridized carbons (Fsp3) is 0.647. The number of ether oxygens (including phenoxy) is 2. The third-order valence-electron chi connectivity index (χ3n) is 4.05. The number of benzene rings is 1. The van der Waals surface area contributed by atoms with Crippen LogP contribution in [0.2, 0.25) is 0 Å². The standard InChI is InChI=1S/C17H27NO3/c1-12(2)15(8-9-19)18-13(3)4-5-14-6-7-16-17(10-14)21-11-20-16/h6-7,10,12-13,15,18-19H,4-5,8-9,11H2,1-3H3. The van der Waals surface area contributed by atoms with Crippen LogP contribution >= 0.6 is 0 Å². The first kappa shape index (κ1) is 16.1. The van der Waals surface area contributed by atoms with E-state index in [9.17, 15) is 0 Å². The first-order chi connectivity index (χ1) is 10.1. The Hall–Kier alpha value is -1.26. The van der Waals surface area contributed by atoms with E-state index < -0.39 is 0 Å². The van der Waals surface area contributed by atoms with Gasteiger partial charge in [0, 0.05) is 18.7 Å². The fourth-order valence-electron chi connectivity index (χ4n) is 2.68. The molecule has 1 aliphatic heterocycles. The first-order valence-corrected chi connectivity index (χ1v) is 7.85. The molecule has 0 saturated carbocycles. The van der Waals surface area contributed by atoms with Gasteiger partial charge in [-0.3, -0.25) is 0 Å². The van der Waals surface area contributed by atoms with E-state index in [-0.39, 0.29) is 6.61 Å². The van der Waals surface area contributed by atoms with Crippen LogP contribution < -0.4 is 14.8 Å². The monoisotopic (exact) mass is 293 g/mol. The van der Waals surface area contributed by atoms with Gasteiger partial charge in [-0.05, 0) is 49.8 Å². The second kappa shape index (κ2) is 7.66. The second-order valence-electron chi connectivity index (χ2n) is 6.16. The van der Waals surface area contributed by atoms with E-state index in [1.54, 1.807) is 0 Å². The number of nitrogens with one attached hydrogen (secondary N) is 1. The van der Waals surface area contributed by atoms with Crippen LogP contribution in [0.15, 0.2) is 18.2 Å². The highest BCUT2D eigenvalue weighted by atomic mass is 16.7. The molecule has 2 N–H and O–H groups in total. The van der Waals surface area contributed by atoms with Crippen molar-refractivity contribution in [3.63, 3.8) is 0 Å². The maximum atomic E-state index is 9.13. The Morgan fingerprint density at radius 2 is 1.90 bits per heavy atom. The third-order valence-corrected chi connectivity index (χ3v) is 4.05. The summed E-state index contributed by atoms with van der Waals surface area (Å²) < 4.78 is 10.7. The number of aryl methyl sites for hydroxylation is 1. The summed E-state index contributed by atoms with van der Waals surface area (Å²) in [4.78, 5) is 0. The molecule has 0 radical (unpaired) electrons. The Morgan fingerprint density at radius 3 is 2.62 bits per heavy atom. The largest absolute Gasteiger partial charge is 0.454 e. The average Bonchev–Trinajstić information content (AvgIpc) is 2.92. The normalized spacial score (nSPS) is 16.2. The van der Waals surface area contributed by atoms with Crippen molar-refractivity contribution in [2.75, 3.05) is 13.4 Å². The highest BCUT2D eigenvalue weighted by Gasteiger charge is 2.16. The average molecular weight is 293 g/mol. The minimum atomic E-state index is 0.241. The van der Waals surface area contributed by atoms with Crippen LogP contribution in [0.25, 0.3) is 0 Å². The predicted octanol–water partition coefficient (Wildman–Crippen LogP) is 2.73. The maximum absolute atomic E-state index is 9.13. The molecule has 118 valence electrons. The Bertz CT molecular complexity index is 448. The van der Waals surface area contributed by atoms with Crippen molar-refractivity contribution in [3.05, 3.63) is 23.8 Å². The minimum absolute atomic E-state index is 0.241. The van der Waals surface area contributed by atoms with Crippen LogP contribution in [-0.2, 0) is 6.42 Å². The zero-order valence-electron chi connectivity index (χ0n) is 13.3. The predicted molar refractivity (Wildman–Crippen MR) is 83.8 cm³/mol. The third kappa shape index (κ3) is 4.61. The minimum Gasteiger partial charge on any atom is -0.454 e. The Balaban J connectivity index is 1.81. The SMILES string of the molecule is CC(CCc1ccc2c(c1)OCO2)NC(CCO)C(C)C. The van der Waals surface area contributed by atoms with Gasteiger partial charge in [0.05, 0.1) is 0 Å². The van der Waals surface area contributed by atoms with Crippen molar-refractivity contribution in [1.82, 2.24) is 5.32 Å². The van der Waals surface area contributed by atoms with Crippen molar-refractivity contribution in [2.24, 2.45) is 5.92 Å². The van der Waals surface area contributed by atoms with Gasteiger partial charge in [-0.1, -0.05) is 19.9 Å². The molecule has 21 heavy (non-hydrogen) atoms. The molecule has 0 aromatic heterocycles. The molecule has 0 spiro atoms. The number of hydrogen-bond acceptors (Lipinski definition) is 4. The van der Waals surface area contributed by atoms with Gasteiger partial charge in [0.15, 0.2) is 11.5 Å². The number of hydrogen-bond donors (Lipinski definition) is 2. The molecular formula is C17H27NO3. The summed E-state index contributed by atoms with van der Waals surface area (Å²) in [6.45, 7) is 7.16. The molecule has 0 saturated heterocycles. The summed E-state index contributed by atoms with van der Waals surface area (Å²) in [5.41, 5.74) is 1.27. The molecule has 1 aromatic carbocycles. The van der Waals surface area contributed by atoms with Gasteiger partial charge < -0.3 is 19.9 Å². The lowest BCUT2D eigenvalue weighted by atomic mass is 9.98. The van der Waals surface area contributed by atoms with Gasteiger partial charge in [0.25, 0.3) is 0 Å². The lowest BCUT2D eigenvalue weighted by Crippen LogP contribution is -2.40. The summed E-state index contributed by atoms with van der Waals surface area (Å²) in [5, 5.41) is 12.8. The van der Waals surface area contributed by atoms with Crippen molar-refractivity contribution in [3.8, 4) is 11.5 Å². The zero-order chi connectivity index (χ0) is 15.2. The Kier molecular flexibility index (Phi) is 5.88. The van der Waals surface area contributed by atoms with Crippen molar-refractivity contribution in [2.45, 2.75) is 52.1 Å². The molecule has 0 fully saturated rings. The van der Waals surface area contributed by atoms with Crippen molar-refractivity contribution >= 4 is 0 Å². The van der Waals surface area contributed by atoms with Gasteiger partial charge in [-0.15, -0.1) is 0 Å². The quantitative estimate of drug-likeness (QED) is 0.774. The second-order valence-corrected chi connectivity index (χ2v) is 6.16. The number of aliphatic hydroxyl groups is 1. The summed E-state index contributed by atoms with van der Waals surface area (Å²) in [7, 11) is 0. The van der Waals surface area contributed by atoms with Crippen molar-refractivity contribution in [1.29, 1.82) is 0 Å². The molecule has 4 nitrogen and oxygen atoms in total. The molecule has 2 atom stereocenters. The highest BCUT2D eigenvalue weighted by molar-refractivity contribution is 5.44. The maximum Gasteiger partial charge on any atom is 0.231 e. The van der Waals surface area contributed by atoms with Gasteiger partial charge >= 0.3 is 0 Å². The first-order valence-electron chi connectivity index (χ1n) is 7.85. The molecule has 1 aromatic rings. The van der Waals surface area contributed by atoms with E-state index in [0.717, 1.165) is 30.8 Å². The van der Waals surface area contributed by atoms with Crippen LogP contribution in [-0.4, -0.2) is 30.6 Å². The zero-order valence-corrected chi connectivity index (χ0v) is 13.3. The van der Waals surface area contributed by atoms with Gasteiger partial charge in [0.1, 0.15) is 0 Å². The van der Waals surface area contributed by atoms with Gasteiger partial charge in [-0.2, -0.15) is 0 Å². The summed E-state index contributed by atoms with van der Waals surface area (Å²) in [6.07, 6.45) is 2.88. The van der Waals surface area contributed by atoms with Crippen LogP contribution in [0.1, 0.15) is 39.2 Å². The molecule has 0 amide bonds. The van der Waals surface area contributed by atoms with Gasteiger partial charge in [0.2, 0.25) is 6.79 Å². The van der Waals surface area contributed by atoms with E-state index >= 15 is 0 Å². The van der Waals surface area contributed by atoms with E-state index in [1.165, 1.54) is 5.56 Å². The molecule has 2 unspecified atom stereocenters. The molecule has 0 bridgehead atoms. The van der Waals surface area contributed by atoms with Crippen LogP contribution in [0.5, 0.6) is 11.5 Å². The smallest absolute Gasteiger partial charge is 0.231 e. The number of aliphatic hydroxyl groups excluding tert-OH is 1. The topological polar surface area (TPSA) is 50.7 Å². The molecule has 4 heteroatoms. The van der Waals surface area contributed by atoms with E-state index in [1.807, 2.05) is 6.07 Å². The highest BCUT2D eigenvalue weighted by Crippen LogP contribution is 2.32. The van der Waals surface area contributed by atoms with Crippen molar-refractivity contribution < 1.29 is 14.6 Å². The number of rotatable bonds is 8. The van der Waals surface area contributed by atoms with Crippen LogP contribution in [0, 0.1) is 5.92 Å². The van der Waals surface area contributed by atoms with E-state index in [2.05, 4.69) is 38.2 Å². The summed E-state index contributed by atoms with van der Waals surface area (Å²) >= 11 is 0. The Morgan fingerprint density at radius 1 is 1.14 bits per heavy atom. The summed E-state index contributed by atoms with van der Waals surface area (Å²) in [5.74, 6) is 2.23. The molecule has 2 rings (SSSR count).